The molecule has 0 heterocycles. The third kappa shape index (κ3) is 18.1. The Bertz CT molecular complexity index is 870. The largest absolute Gasteiger partial charge is 0.388 e. The number of allylic oxidation sites excluding steroid dienone is 10. The van der Waals surface area contributed by atoms with Crippen molar-refractivity contribution in [3.05, 3.63) is 114 Å². The van der Waals surface area contributed by atoms with Crippen molar-refractivity contribution in [1.29, 1.82) is 0 Å². The molecule has 0 saturated carbocycles. The molecule has 0 amide bonds. The van der Waals surface area contributed by atoms with Crippen LogP contribution in [0.25, 0.3) is 5.57 Å². The quantitative estimate of drug-likeness (QED) is 0.273. The van der Waals surface area contributed by atoms with Crippen molar-refractivity contribution < 1.29 is 0 Å². The maximum absolute atomic E-state index is 4.19. The summed E-state index contributed by atoms with van der Waals surface area (Å²) in [5.74, 6) is 0.398. The molecule has 0 aromatic heterocycles. The second kappa shape index (κ2) is 26.3. The zero-order chi connectivity index (χ0) is 29.2. The molecule has 1 N–H and O–H groups in total. The van der Waals surface area contributed by atoms with Gasteiger partial charge in [-0.25, -0.2) is 0 Å². The van der Waals surface area contributed by atoms with Crippen molar-refractivity contribution in [2.75, 3.05) is 6.54 Å². The predicted molar refractivity (Wildman–Crippen MR) is 175 cm³/mol. The van der Waals surface area contributed by atoms with E-state index in [2.05, 4.69) is 96.1 Å². The van der Waals surface area contributed by atoms with Gasteiger partial charge in [-0.3, -0.25) is 0 Å². The van der Waals surface area contributed by atoms with Crippen LogP contribution < -0.4 is 5.32 Å². The Kier molecular flexibility index (Phi) is 27.5. The zero-order valence-corrected chi connectivity index (χ0v) is 26.3. The molecule has 1 aliphatic rings. The maximum Gasteiger partial charge on any atom is 0.0157 e. The molecule has 1 aromatic rings. The molecule has 2 rings (SSSR count). The monoisotopic (exact) mass is 505 g/mol. The Morgan fingerprint density at radius 3 is 2.03 bits per heavy atom. The predicted octanol–water partition coefficient (Wildman–Crippen LogP) is 11.8. The minimum Gasteiger partial charge on any atom is -0.388 e. The van der Waals surface area contributed by atoms with Gasteiger partial charge in [-0.05, 0) is 68.9 Å². The van der Waals surface area contributed by atoms with Gasteiger partial charge < -0.3 is 5.32 Å². The van der Waals surface area contributed by atoms with Crippen LogP contribution in [0.2, 0.25) is 0 Å². The van der Waals surface area contributed by atoms with E-state index in [9.17, 15) is 0 Å². The summed E-state index contributed by atoms with van der Waals surface area (Å²) < 4.78 is 0. The van der Waals surface area contributed by atoms with Crippen LogP contribution in [0.4, 0.5) is 0 Å². The normalized spacial score (nSPS) is 12.9. The summed E-state index contributed by atoms with van der Waals surface area (Å²) in [5, 5.41) is 3.42. The van der Waals surface area contributed by atoms with Gasteiger partial charge >= 0.3 is 0 Å². The van der Waals surface area contributed by atoms with Gasteiger partial charge in [-0.15, -0.1) is 0 Å². The molecule has 0 fully saturated rings. The lowest BCUT2D eigenvalue weighted by Crippen LogP contribution is -2.14. The van der Waals surface area contributed by atoms with Crippen LogP contribution in [-0.4, -0.2) is 6.54 Å². The van der Waals surface area contributed by atoms with E-state index in [1.165, 1.54) is 33.5 Å². The first kappa shape index (κ1) is 38.7. The first-order valence-corrected chi connectivity index (χ1v) is 14.2. The number of hydrogen-bond acceptors (Lipinski definition) is 1. The van der Waals surface area contributed by atoms with Gasteiger partial charge in [0.15, 0.2) is 0 Å². The molecule has 37 heavy (non-hydrogen) atoms. The summed E-state index contributed by atoms with van der Waals surface area (Å²) in [6.45, 7) is 35.6. The lowest BCUT2D eigenvalue weighted by Gasteiger charge is -2.19. The minimum atomic E-state index is 0.398. The summed E-state index contributed by atoms with van der Waals surface area (Å²) >= 11 is 0. The fourth-order valence-corrected chi connectivity index (χ4v) is 3.15. The van der Waals surface area contributed by atoms with Crippen LogP contribution in [0.5, 0.6) is 0 Å². The van der Waals surface area contributed by atoms with Gasteiger partial charge in [0.2, 0.25) is 0 Å². The second-order valence-electron chi connectivity index (χ2n) is 8.26. The highest BCUT2D eigenvalue weighted by Gasteiger charge is 2.12. The fraction of sp³-hybridized carbons (Fsp3) is 0.444. The molecule has 0 radical (unpaired) electrons. The summed E-state index contributed by atoms with van der Waals surface area (Å²) in [6, 6.07) is 8.80. The lowest BCUT2D eigenvalue weighted by atomic mass is 9.88. The topological polar surface area (TPSA) is 12.0 Å². The van der Waals surface area contributed by atoms with E-state index in [1.54, 1.807) is 0 Å². The average molecular weight is 506 g/mol. The highest BCUT2D eigenvalue weighted by Crippen LogP contribution is 2.30. The van der Waals surface area contributed by atoms with E-state index < -0.39 is 0 Å². The minimum absolute atomic E-state index is 0.398. The zero-order valence-electron chi connectivity index (χ0n) is 26.3. The number of benzene rings is 1. The van der Waals surface area contributed by atoms with Gasteiger partial charge in [0.25, 0.3) is 0 Å². The molecule has 0 aliphatic heterocycles. The molecule has 1 atom stereocenters. The molecule has 208 valence electrons. The van der Waals surface area contributed by atoms with Crippen molar-refractivity contribution >= 4 is 5.57 Å². The summed E-state index contributed by atoms with van der Waals surface area (Å²) in [6.07, 6.45) is 15.4. The average Bonchev–Trinajstić information content (AvgIpc) is 2.94. The third-order valence-electron chi connectivity index (χ3n) is 5.59. The highest BCUT2D eigenvalue weighted by molar-refractivity contribution is 5.78. The van der Waals surface area contributed by atoms with E-state index in [4.69, 9.17) is 0 Å². The summed E-state index contributed by atoms with van der Waals surface area (Å²) in [5.41, 5.74) is 8.90. The van der Waals surface area contributed by atoms with Crippen LogP contribution in [0.1, 0.15) is 112 Å². The van der Waals surface area contributed by atoms with Crippen molar-refractivity contribution in [1.82, 2.24) is 5.32 Å². The van der Waals surface area contributed by atoms with E-state index in [0.29, 0.717) is 5.92 Å². The van der Waals surface area contributed by atoms with E-state index in [1.807, 2.05) is 65.8 Å². The van der Waals surface area contributed by atoms with Crippen molar-refractivity contribution in [3.8, 4) is 0 Å². The smallest absolute Gasteiger partial charge is 0.0157 e. The SMILES string of the molecule is C/C=C/C.C=C/C=C(\C)CC.C=C1C=C(c2cccc(C(C)C(=C)CC)c2)C=C(NCC)C1.CC.CC. The van der Waals surface area contributed by atoms with Crippen molar-refractivity contribution in [2.45, 2.75) is 101 Å². The molecule has 1 heteroatoms. The molecule has 1 nitrogen and oxygen atoms in total. The highest BCUT2D eigenvalue weighted by atomic mass is 14.9. The molecule has 1 unspecified atom stereocenters. The Labute approximate surface area is 232 Å². The molecular weight excluding hydrogens is 446 g/mol. The Morgan fingerprint density at radius 2 is 1.59 bits per heavy atom. The van der Waals surface area contributed by atoms with Crippen LogP contribution >= 0.6 is 0 Å². The summed E-state index contributed by atoms with van der Waals surface area (Å²) in [7, 11) is 0. The molecule has 0 saturated heterocycles. The van der Waals surface area contributed by atoms with Gasteiger partial charge in [0.1, 0.15) is 0 Å². The fourth-order valence-electron chi connectivity index (χ4n) is 3.15. The molecule has 0 spiro atoms. The Hall–Kier alpha value is -2.80. The third-order valence-corrected chi connectivity index (χ3v) is 5.59. The lowest BCUT2D eigenvalue weighted by molar-refractivity contribution is 0.818. The van der Waals surface area contributed by atoms with Crippen LogP contribution in [0, 0.1) is 0 Å². The van der Waals surface area contributed by atoms with Crippen molar-refractivity contribution in [3.63, 3.8) is 0 Å². The van der Waals surface area contributed by atoms with Crippen LogP contribution in [-0.2, 0) is 0 Å². The number of nitrogens with one attached hydrogen (secondary N) is 1. The first-order chi connectivity index (χ1) is 17.8. The van der Waals surface area contributed by atoms with Gasteiger partial charge in [0, 0.05) is 24.6 Å². The van der Waals surface area contributed by atoms with E-state index in [0.717, 1.165) is 31.4 Å². The molecule has 1 aromatic carbocycles. The van der Waals surface area contributed by atoms with E-state index in [-0.39, 0.29) is 0 Å². The first-order valence-electron chi connectivity index (χ1n) is 14.2. The van der Waals surface area contributed by atoms with Gasteiger partial charge in [-0.2, -0.15) is 0 Å². The summed E-state index contributed by atoms with van der Waals surface area (Å²) in [4.78, 5) is 0. The molecule has 0 bridgehead atoms. The second-order valence-corrected chi connectivity index (χ2v) is 8.26. The van der Waals surface area contributed by atoms with Gasteiger partial charge in [-0.1, -0.05) is 134 Å². The maximum atomic E-state index is 4.19. The van der Waals surface area contributed by atoms with Crippen LogP contribution in [0.3, 0.4) is 0 Å². The van der Waals surface area contributed by atoms with Crippen molar-refractivity contribution in [2.24, 2.45) is 0 Å². The standard InChI is InChI=1S/C21H27N.C7H12.C4H8.2C2H6/c1-6-16(4)17(5)18-9-8-10-19(13-18)20-11-15(3)12-21(14-20)22-7-2;1-4-6-7(3)5-2;1-3-4-2;2*1-2/h8-11,13-14,17,22H,3-4,6-7,12H2,1-2,5H3;4,6H,1,5H2,2-3H3;3-4H,1-2H3;2*1-2H3/b;7-6+;4-3+;;. The molecule has 1 aliphatic carbocycles. The molecular formula is C36H59N. The Morgan fingerprint density at radius 1 is 1.00 bits per heavy atom. The van der Waals surface area contributed by atoms with E-state index >= 15 is 0 Å². The van der Waals surface area contributed by atoms with Gasteiger partial charge in [0.05, 0.1) is 0 Å². The Balaban J connectivity index is -0.000000640. The number of rotatable bonds is 8. The van der Waals surface area contributed by atoms with Crippen LogP contribution in [0.15, 0.2) is 103 Å². The number of hydrogen-bond donors (Lipinski definition) is 1.